The van der Waals surface area contributed by atoms with E-state index in [4.69, 9.17) is 14.2 Å². The third kappa shape index (κ3) is 3.16. The van der Waals surface area contributed by atoms with Crippen LogP contribution < -0.4 is 0 Å². The average molecular weight is 388 g/mol. The van der Waals surface area contributed by atoms with Crippen LogP contribution in [0.25, 0.3) is 0 Å². The molecular formula is C21H28N2O5. The van der Waals surface area contributed by atoms with Gasteiger partial charge >= 0.3 is 12.1 Å². The van der Waals surface area contributed by atoms with Gasteiger partial charge in [-0.2, -0.15) is 0 Å². The fourth-order valence-electron chi connectivity index (χ4n) is 4.65. The first-order valence-corrected chi connectivity index (χ1v) is 9.76. The monoisotopic (exact) mass is 388 g/mol. The number of rotatable bonds is 4. The molecule has 3 aliphatic heterocycles. The molecule has 7 nitrogen and oxygen atoms in total. The summed E-state index contributed by atoms with van der Waals surface area (Å²) in [4.78, 5) is 29.5. The SMILES string of the molecule is COC1CC2(C(=O)OC(C)(C)C)C3CN(C(=O)OCc4ccccc4)C[C@@H]1N32. The molecule has 0 radical (unpaired) electrons. The van der Waals surface area contributed by atoms with Gasteiger partial charge in [0.2, 0.25) is 0 Å². The van der Waals surface area contributed by atoms with E-state index in [1.165, 1.54) is 0 Å². The van der Waals surface area contributed by atoms with Gasteiger partial charge in [0.25, 0.3) is 0 Å². The molecule has 28 heavy (non-hydrogen) atoms. The summed E-state index contributed by atoms with van der Waals surface area (Å²) in [5.74, 6) is -0.214. The molecule has 7 heteroatoms. The maximum absolute atomic E-state index is 13.0. The lowest BCUT2D eigenvalue weighted by Gasteiger charge is -2.35. The van der Waals surface area contributed by atoms with Crippen molar-refractivity contribution in [3.63, 3.8) is 0 Å². The first-order chi connectivity index (χ1) is 13.3. The van der Waals surface area contributed by atoms with Crippen molar-refractivity contribution in [1.82, 2.24) is 9.80 Å². The third-order valence-electron chi connectivity index (χ3n) is 5.90. The van der Waals surface area contributed by atoms with Crippen LogP contribution in [0.3, 0.4) is 0 Å². The van der Waals surface area contributed by atoms with Crippen LogP contribution in [0.5, 0.6) is 0 Å². The van der Waals surface area contributed by atoms with Gasteiger partial charge in [-0.1, -0.05) is 30.3 Å². The van der Waals surface area contributed by atoms with E-state index in [1.807, 2.05) is 51.1 Å². The maximum atomic E-state index is 13.0. The Morgan fingerprint density at radius 3 is 2.54 bits per heavy atom. The summed E-state index contributed by atoms with van der Waals surface area (Å²) in [6, 6.07) is 9.56. The summed E-state index contributed by atoms with van der Waals surface area (Å²) in [5.41, 5.74) is -0.275. The minimum absolute atomic E-state index is 0.0134. The average Bonchev–Trinajstić information content (AvgIpc) is 3.17. The number of hydrogen-bond acceptors (Lipinski definition) is 6. The van der Waals surface area contributed by atoms with Crippen LogP contribution in [-0.4, -0.2) is 71.4 Å². The molecule has 3 saturated heterocycles. The molecule has 0 spiro atoms. The van der Waals surface area contributed by atoms with Crippen molar-refractivity contribution in [2.75, 3.05) is 20.2 Å². The van der Waals surface area contributed by atoms with Crippen LogP contribution in [0.2, 0.25) is 0 Å². The molecule has 0 saturated carbocycles. The Morgan fingerprint density at radius 1 is 1.18 bits per heavy atom. The van der Waals surface area contributed by atoms with E-state index in [0.29, 0.717) is 19.5 Å². The van der Waals surface area contributed by atoms with Crippen molar-refractivity contribution in [2.24, 2.45) is 0 Å². The Morgan fingerprint density at radius 2 is 1.89 bits per heavy atom. The normalized spacial score (nSPS) is 33.2. The molecule has 152 valence electrons. The van der Waals surface area contributed by atoms with Crippen molar-refractivity contribution < 1.29 is 23.8 Å². The van der Waals surface area contributed by atoms with E-state index >= 15 is 0 Å². The number of fused-ring (bicyclic) bond motifs is 1. The number of hydrogen-bond donors (Lipinski definition) is 0. The van der Waals surface area contributed by atoms with Gasteiger partial charge in [-0.25, -0.2) is 9.59 Å². The molecule has 0 aromatic heterocycles. The smallest absolute Gasteiger partial charge is 0.410 e. The highest BCUT2D eigenvalue weighted by Gasteiger charge is 2.78. The van der Waals surface area contributed by atoms with E-state index < -0.39 is 11.1 Å². The van der Waals surface area contributed by atoms with Gasteiger partial charge in [-0.15, -0.1) is 0 Å². The Labute approximate surface area is 165 Å². The molecule has 3 fully saturated rings. The van der Waals surface area contributed by atoms with Crippen LogP contribution >= 0.6 is 0 Å². The van der Waals surface area contributed by atoms with Crippen LogP contribution in [-0.2, 0) is 25.6 Å². The first kappa shape index (κ1) is 19.2. The predicted molar refractivity (Wildman–Crippen MR) is 102 cm³/mol. The molecule has 0 aliphatic carbocycles. The minimum Gasteiger partial charge on any atom is -0.459 e. The van der Waals surface area contributed by atoms with E-state index in [2.05, 4.69) is 4.90 Å². The zero-order valence-corrected chi connectivity index (χ0v) is 16.9. The van der Waals surface area contributed by atoms with E-state index in [9.17, 15) is 9.59 Å². The van der Waals surface area contributed by atoms with Gasteiger partial charge in [0, 0.05) is 26.6 Å². The van der Waals surface area contributed by atoms with E-state index in [-0.39, 0.29) is 36.9 Å². The maximum Gasteiger partial charge on any atom is 0.410 e. The molecular weight excluding hydrogens is 360 g/mol. The number of piperidine rings is 1. The molecule has 1 aromatic rings. The van der Waals surface area contributed by atoms with Gasteiger partial charge in [0.15, 0.2) is 0 Å². The number of ether oxygens (including phenoxy) is 3. The zero-order chi connectivity index (χ0) is 20.1. The fourth-order valence-corrected chi connectivity index (χ4v) is 4.65. The lowest BCUT2D eigenvalue weighted by Crippen LogP contribution is -2.52. The molecule has 0 N–H and O–H groups in total. The second-order valence-electron chi connectivity index (χ2n) is 8.84. The number of nitrogens with zero attached hydrogens (tertiary/aromatic N) is 2. The molecule has 0 bridgehead atoms. The van der Waals surface area contributed by atoms with Crippen LogP contribution in [0.4, 0.5) is 4.79 Å². The van der Waals surface area contributed by atoms with E-state index in [0.717, 1.165) is 5.56 Å². The topological polar surface area (TPSA) is 68.1 Å². The first-order valence-electron chi connectivity index (χ1n) is 9.76. The van der Waals surface area contributed by atoms with Crippen molar-refractivity contribution in [3.05, 3.63) is 35.9 Å². The number of methoxy groups -OCH3 is 1. The summed E-state index contributed by atoms with van der Waals surface area (Å²) < 4.78 is 16.8. The number of likely N-dealkylation sites (tertiary alicyclic amines) is 1. The van der Waals surface area contributed by atoms with Gasteiger partial charge < -0.3 is 19.1 Å². The van der Waals surface area contributed by atoms with Crippen molar-refractivity contribution in [2.45, 2.75) is 63.1 Å². The van der Waals surface area contributed by atoms with Crippen molar-refractivity contribution >= 4 is 12.1 Å². The largest absolute Gasteiger partial charge is 0.459 e. The summed E-state index contributed by atoms with van der Waals surface area (Å²) in [7, 11) is 1.65. The highest BCUT2D eigenvalue weighted by Crippen LogP contribution is 2.57. The molecule has 3 heterocycles. The van der Waals surface area contributed by atoms with Crippen molar-refractivity contribution in [3.8, 4) is 0 Å². The number of carbonyl (C=O) groups excluding carboxylic acids is 2. The number of esters is 1. The standard InChI is InChI=1S/C21H28N2O5/c1-20(2,3)28-18(24)21-10-16(26-4)15-11-22(12-17(21)23(15)21)19(25)27-13-14-8-6-5-7-9-14/h5-9,15-17H,10-13H2,1-4H3/t15-,16?,17?,21?,23?/m0/s1. The van der Waals surface area contributed by atoms with Crippen LogP contribution in [0.1, 0.15) is 32.8 Å². The Kier molecular flexibility index (Phi) is 4.62. The number of benzene rings is 1. The number of carbonyl (C=O) groups is 2. The Bertz CT molecular complexity index is 762. The molecule has 1 amide bonds. The Hall–Kier alpha value is -2.12. The van der Waals surface area contributed by atoms with Gasteiger partial charge in [-0.05, 0) is 26.3 Å². The quantitative estimate of drug-likeness (QED) is 0.582. The summed E-state index contributed by atoms with van der Waals surface area (Å²) in [5, 5.41) is 0. The van der Waals surface area contributed by atoms with Crippen molar-refractivity contribution in [1.29, 1.82) is 0 Å². The number of amides is 1. The second-order valence-corrected chi connectivity index (χ2v) is 8.84. The minimum atomic E-state index is -0.674. The highest BCUT2D eigenvalue weighted by atomic mass is 16.6. The third-order valence-corrected chi connectivity index (χ3v) is 5.90. The fraction of sp³-hybridized carbons (Fsp3) is 0.619. The second kappa shape index (κ2) is 6.74. The molecule has 4 rings (SSSR count). The zero-order valence-electron chi connectivity index (χ0n) is 16.9. The van der Waals surface area contributed by atoms with Gasteiger partial charge in [0.1, 0.15) is 17.7 Å². The number of piperazine rings is 1. The van der Waals surface area contributed by atoms with E-state index in [1.54, 1.807) is 12.0 Å². The molecule has 3 aliphatic rings. The predicted octanol–water partition coefficient (Wildman–Crippen LogP) is 2.19. The summed E-state index contributed by atoms with van der Waals surface area (Å²) in [6.07, 6.45) is 0.157. The molecule has 1 aromatic carbocycles. The highest BCUT2D eigenvalue weighted by molar-refractivity contribution is 5.88. The van der Waals surface area contributed by atoms with Gasteiger partial charge in [-0.3, -0.25) is 4.90 Å². The van der Waals surface area contributed by atoms with Crippen LogP contribution in [0, 0.1) is 0 Å². The lowest BCUT2D eigenvalue weighted by molar-refractivity contribution is -0.159. The van der Waals surface area contributed by atoms with Crippen LogP contribution in [0.15, 0.2) is 30.3 Å². The summed E-state index contributed by atoms with van der Waals surface area (Å²) in [6.45, 7) is 6.82. The molecule has 5 atom stereocenters. The Balaban J connectivity index is 1.45. The lowest BCUT2D eigenvalue weighted by atomic mass is 9.93. The molecule has 4 unspecified atom stereocenters. The summed E-state index contributed by atoms with van der Waals surface area (Å²) >= 11 is 0. The van der Waals surface area contributed by atoms with Gasteiger partial charge in [0.05, 0.1) is 18.2 Å².